The number of rotatable bonds is 7. The fourth-order valence-corrected chi connectivity index (χ4v) is 3.61. The standard InChI is InChI=1S/C16H30O2/c1-13(2)7-4-5-9-16(12-18)10-6-8-15(16)14(3)11-17/h7,14-15,17-18H,4-6,8-12H2,1-3H3/t14-,15+,16+/m1/s1. The van der Waals surface area contributed by atoms with Crippen molar-refractivity contribution in [1.29, 1.82) is 0 Å². The first-order valence-corrected chi connectivity index (χ1v) is 7.41. The Morgan fingerprint density at radius 3 is 2.67 bits per heavy atom. The van der Waals surface area contributed by atoms with E-state index in [4.69, 9.17) is 0 Å². The molecule has 3 atom stereocenters. The lowest BCUT2D eigenvalue weighted by Gasteiger charge is -2.37. The lowest BCUT2D eigenvalue weighted by Crippen LogP contribution is -2.34. The summed E-state index contributed by atoms with van der Waals surface area (Å²) in [6.07, 6.45) is 9.16. The summed E-state index contributed by atoms with van der Waals surface area (Å²) in [5.74, 6) is 0.822. The first-order chi connectivity index (χ1) is 8.55. The van der Waals surface area contributed by atoms with Gasteiger partial charge in [0.25, 0.3) is 0 Å². The normalized spacial score (nSPS) is 29.3. The van der Waals surface area contributed by atoms with Crippen LogP contribution in [-0.2, 0) is 0 Å². The van der Waals surface area contributed by atoms with Gasteiger partial charge < -0.3 is 10.2 Å². The van der Waals surface area contributed by atoms with E-state index < -0.39 is 0 Å². The molecule has 0 bridgehead atoms. The highest BCUT2D eigenvalue weighted by atomic mass is 16.3. The molecule has 0 aromatic rings. The Hall–Kier alpha value is -0.340. The van der Waals surface area contributed by atoms with Gasteiger partial charge in [0.15, 0.2) is 0 Å². The minimum absolute atomic E-state index is 0.0810. The molecule has 0 aromatic carbocycles. The Kier molecular flexibility index (Phi) is 6.37. The van der Waals surface area contributed by atoms with Gasteiger partial charge in [-0.05, 0) is 63.2 Å². The molecule has 0 aliphatic heterocycles. The Morgan fingerprint density at radius 1 is 1.39 bits per heavy atom. The number of aliphatic hydroxyl groups is 2. The van der Waals surface area contributed by atoms with Gasteiger partial charge in [-0.3, -0.25) is 0 Å². The molecule has 1 rings (SSSR count). The van der Waals surface area contributed by atoms with Crippen molar-refractivity contribution in [1.82, 2.24) is 0 Å². The van der Waals surface area contributed by atoms with Crippen molar-refractivity contribution < 1.29 is 10.2 Å². The van der Waals surface area contributed by atoms with Crippen molar-refractivity contribution in [3.05, 3.63) is 11.6 Å². The van der Waals surface area contributed by atoms with Gasteiger partial charge >= 0.3 is 0 Å². The number of aliphatic hydroxyl groups excluding tert-OH is 2. The molecule has 0 aromatic heterocycles. The Bertz CT molecular complexity index is 268. The van der Waals surface area contributed by atoms with E-state index in [1.165, 1.54) is 18.4 Å². The van der Waals surface area contributed by atoms with Crippen LogP contribution in [0.1, 0.15) is 59.3 Å². The predicted octanol–water partition coefficient (Wildman–Crippen LogP) is 3.53. The Morgan fingerprint density at radius 2 is 2.11 bits per heavy atom. The van der Waals surface area contributed by atoms with Crippen molar-refractivity contribution in [2.24, 2.45) is 17.3 Å². The lowest BCUT2D eigenvalue weighted by atomic mass is 9.70. The summed E-state index contributed by atoms with van der Waals surface area (Å²) in [7, 11) is 0. The zero-order valence-electron chi connectivity index (χ0n) is 12.3. The van der Waals surface area contributed by atoms with Crippen LogP contribution in [0.4, 0.5) is 0 Å². The van der Waals surface area contributed by atoms with Gasteiger partial charge in [0.05, 0.1) is 0 Å². The van der Waals surface area contributed by atoms with Crippen LogP contribution in [0.5, 0.6) is 0 Å². The predicted molar refractivity (Wildman–Crippen MR) is 76.4 cm³/mol. The molecule has 0 unspecified atom stereocenters. The monoisotopic (exact) mass is 254 g/mol. The van der Waals surface area contributed by atoms with Crippen LogP contribution in [0.15, 0.2) is 11.6 Å². The SMILES string of the molecule is CC(C)=CCCC[C@@]1(CO)CCC[C@H]1[C@H](C)CO. The summed E-state index contributed by atoms with van der Waals surface area (Å²) in [5, 5.41) is 19.2. The van der Waals surface area contributed by atoms with E-state index in [9.17, 15) is 10.2 Å². The largest absolute Gasteiger partial charge is 0.396 e. The third-order valence-electron chi connectivity index (χ3n) is 4.70. The van der Waals surface area contributed by atoms with Gasteiger partial charge in [0.2, 0.25) is 0 Å². The minimum Gasteiger partial charge on any atom is -0.396 e. The molecule has 1 aliphatic rings. The van der Waals surface area contributed by atoms with Crippen LogP contribution < -0.4 is 0 Å². The Balaban J connectivity index is 2.57. The van der Waals surface area contributed by atoms with E-state index in [-0.39, 0.29) is 18.6 Å². The fraction of sp³-hybridized carbons (Fsp3) is 0.875. The van der Waals surface area contributed by atoms with Gasteiger partial charge in [0, 0.05) is 13.2 Å². The summed E-state index contributed by atoms with van der Waals surface area (Å²) in [6, 6.07) is 0. The van der Waals surface area contributed by atoms with E-state index in [2.05, 4.69) is 26.8 Å². The average molecular weight is 254 g/mol. The zero-order chi connectivity index (χ0) is 13.6. The molecule has 2 N–H and O–H groups in total. The van der Waals surface area contributed by atoms with Gasteiger partial charge in [-0.25, -0.2) is 0 Å². The highest BCUT2D eigenvalue weighted by molar-refractivity contribution is 4.96. The van der Waals surface area contributed by atoms with Crippen LogP contribution in [-0.4, -0.2) is 23.4 Å². The van der Waals surface area contributed by atoms with Crippen molar-refractivity contribution in [3.8, 4) is 0 Å². The second-order valence-electron chi connectivity index (χ2n) is 6.35. The van der Waals surface area contributed by atoms with E-state index in [1.807, 2.05) is 0 Å². The van der Waals surface area contributed by atoms with E-state index in [0.29, 0.717) is 11.8 Å². The highest BCUT2D eigenvalue weighted by Gasteiger charge is 2.43. The van der Waals surface area contributed by atoms with E-state index >= 15 is 0 Å². The molecule has 2 heteroatoms. The highest BCUT2D eigenvalue weighted by Crippen LogP contribution is 2.49. The van der Waals surface area contributed by atoms with Crippen molar-refractivity contribution in [2.45, 2.75) is 59.3 Å². The maximum absolute atomic E-state index is 9.84. The van der Waals surface area contributed by atoms with Crippen LogP contribution in [0.25, 0.3) is 0 Å². The molecular weight excluding hydrogens is 224 g/mol. The second-order valence-corrected chi connectivity index (χ2v) is 6.35. The molecule has 0 spiro atoms. The van der Waals surface area contributed by atoms with Crippen molar-refractivity contribution >= 4 is 0 Å². The molecule has 0 heterocycles. The van der Waals surface area contributed by atoms with Crippen LogP contribution in [0.2, 0.25) is 0 Å². The van der Waals surface area contributed by atoms with Crippen LogP contribution in [0, 0.1) is 17.3 Å². The maximum atomic E-state index is 9.84. The summed E-state index contributed by atoms with van der Waals surface area (Å²) < 4.78 is 0. The molecule has 1 fully saturated rings. The van der Waals surface area contributed by atoms with Gasteiger partial charge in [-0.1, -0.05) is 25.0 Å². The molecule has 1 saturated carbocycles. The summed E-state index contributed by atoms with van der Waals surface area (Å²) in [5.41, 5.74) is 1.46. The van der Waals surface area contributed by atoms with Crippen LogP contribution >= 0.6 is 0 Å². The summed E-state index contributed by atoms with van der Waals surface area (Å²) in [6.45, 7) is 6.93. The third-order valence-corrected chi connectivity index (χ3v) is 4.70. The minimum atomic E-state index is 0.0810. The molecule has 0 amide bonds. The number of unbranched alkanes of at least 4 members (excludes halogenated alkanes) is 1. The summed E-state index contributed by atoms with van der Waals surface area (Å²) in [4.78, 5) is 0. The van der Waals surface area contributed by atoms with Gasteiger partial charge in [0.1, 0.15) is 0 Å². The summed E-state index contributed by atoms with van der Waals surface area (Å²) >= 11 is 0. The molecule has 0 radical (unpaired) electrons. The molecule has 18 heavy (non-hydrogen) atoms. The van der Waals surface area contributed by atoms with Crippen molar-refractivity contribution in [3.63, 3.8) is 0 Å². The number of hydrogen-bond donors (Lipinski definition) is 2. The van der Waals surface area contributed by atoms with Crippen molar-refractivity contribution in [2.75, 3.05) is 13.2 Å². The third kappa shape index (κ3) is 3.83. The molecule has 1 aliphatic carbocycles. The number of allylic oxidation sites excluding steroid dienone is 2. The first kappa shape index (κ1) is 15.7. The van der Waals surface area contributed by atoms with Gasteiger partial charge in [-0.15, -0.1) is 0 Å². The molecule has 0 saturated heterocycles. The smallest absolute Gasteiger partial charge is 0.0490 e. The molecule has 2 nitrogen and oxygen atoms in total. The topological polar surface area (TPSA) is 40.5 Å². The Labute approximate surface area is 112 Å². The van der Waals surface area contributed by atoms with E-state index in [1.54, 1.807) is 0 Å². The lowest BCUT2D eigenvalue weighted by molar-refractivity contribution is 0.0306. The number of hydrogen-bond acceptors (Lipinski definition) is 2. The average Bonchev–Trinajstić information content (AvgIpc) is 2.78. The van der Waals surface area contributed by atoms with Crippen LogP contribution in [0.3, 0.4) is 0 Å². The fourth-order valence-electron chi connectivity index (χ4n) is 3.61. The second kappa shape index (κ2) is 7.30. The maximum Gasteiger partial charge on any atom is 0.0490 e. The zero-order valence-corrected chi connectivity index (χ0v) is 12.3. The molecular formula is C16H30O2. The quantitative estimate of drug-likeness (QED) is 0.539. The first-order valence-electron chi connectivity index (χ1n) is 7.41. The van der Waals surface area contributed by atoms with Gasteiger partial charge in [-0.2, -0.15) is 0 Å². The van der Waals surface area contributed by atoms with E-state index in [0.717, 1.165) is 25.7 Å². The molecule has 106 valence electrons.